The van der Waals surface area contributed by atoms with E-state index in [-0.39, 0.29) is 11.9 Å². The van der Waals surface area contributed by atoms with E-state index in [1.807, 2.05) is 0 Å². The molecule has 1 atom stereocenters. The Kier molecular flexibility index (Phi) is 4.34. The molecule has 1 aliphatic rings. The van der Waals surface area contributed by atoms with Crippen LogP contribution in [0.2, 0.25) is 0 Å². The molecule has 0 radical (unpaired) electrons. The lowest BCUT2D eigenvalue weighted by molar-refractivity contribution is -0.0215. The maximum atomic E-state index is 13.3. The molecule has 94 valence electrons. The zero-order chi connectivity index (χ0) is 12.1. The number of morpholine rings is 1. The Labute approximate surface area is 101 Å². The lowest BCUT2D eigenvalue weighted by atomic mass is 10.3. The zero-order valence-corrected chi connectivity index (χ0v) is 10.1. The maximum Gasteiger partial charge on any atom is 0.165 e. The van der Waals surface area contributed by atoms with Gasteiger partial charge in [-0.2, -0.15) is 0 Å². The number of hydrogen-bond donors (Lipinski definition) is 0. The Balaban J connectivity index is 1.74. The van der Waals surface area contributed by atoms with Gasteiger partial charge in [-0.3, -0.25) is 4.90 Å². The summed E-state index contributed by atoms with van der Waals surface area (Å²) in [5.41, 5.74) is 0. The molecule has 1 fully saturated rings. The summed E-state index contributed by atoms with van der Waals surface area (Å²) in [6, 6.07) is 6.49. The van der Waals surface area contributed by atoms with E-state index in [2.05, 4.69) is 11.8 Å². The van der Waals surface area contributed by atoms with Crippen LogP contribution >= 0.6 is 0 Å². The molecule has 0 saturated carbocycles. The third kappa shape index (κ3) is 3.68. The highest BCUT2D eigenvalue weighted by Gasteiger charge is 2.16. The summed E-state index contributed by atoms with van der Waals surface area (Å²) in [5, 5.41) is 0. The third-order valence-corrected chi connectivity index (χ3v) is 2.83. The van der Waals surface area contributed by atoms with Gasteiger partial charge in [0.25, 0.3) is 0 Å². The second kappa shape index (κ2) is 5.98. The minimum atomic E-state index is -0.303. The quantitative estimate of drug-likeness (QED) is 0.801. The topological polar surface area (TPSA) is 21.7 Å². The number of hydrogen-bond acceptors (Lipinski definition) is 3. The van der Waals surface area contributed by atoms with Crippen molar-refractivity contribution in [3.63, 3.8) is 0 Å². The van der Waals surface area contributed by atoms with Gasteiger partial charge in [0, 0.05) is 19.6 Å². The van der Waals surface area contributed by atoms with Crippen LogP contribution in [0.1, 0.15) is 6.92 Å². The summed E-state index contributed by atoms with van der Waals surface area (Å²) in [4.78, 5) is 2.27. The number of rotatable bonds is 4. The predicted octanol–water partition coefficient (Wildman–Crippen LogP) is 1.93. The van der Waals surface area contributed by atoms with E-state index >= 15 is 0 Å². The van der Waals surface area contributed by atoms with Crippen LogP contribution in [0.3, 0.4) is 0 Å². The minimum Gasteiger partial charge on any atom is -0.489 e. The van der Waals surface area contributed by atoms with E-state index < -0.39 is 0 Å². The van der Waals surface area contributed by atoms with Crippen molar-refractivity contribution >= 4 is 0 Å². The van der Waals surface area contributed by atoms with Crippen LogP contribution in [0.25, 0.3) is 0 Å². The summed E-state index contributed by atoms with van der Waals surface area (Å²) in [5.74, 6) is 0.0247. The van der Waals surface area contributed by atoms with Gasteiger partial charge in [0.2, 0.25) is 0 Å². The Morgan fingerprint density at radius 1 is 1.47 bits per heavy atom. The monoisotopic (exact) mass is 239 g/mol. The molecule has 1 unspecified atom stereocenters. The summed E-state index contributed by atoms with van der Waals surface area (Å²) >= 11 is 0. The van der Waals surface area contributed by atoms with Gasteiger partial charge in [-0.1, -0.05) is 12.1 Å². The second-order valence-corrected chi connectivity index (χ2v) is 4.26. The van der Waals surface area contributed by atoms with Crippen molar-refractivity contribution in [1.29, 1.82) is 0 Å². The van der Waals surface area contributed by atoms with Crippen molar-refractivity contribution in [2.75, 3.05) is 32.8 Å². The number of benzene rings is 1. The van der Waals surface area contributed by atoms with Crippen molar-refractivity contribution in [2.24, 2.45) is 0 Å². The smallest absolute Gasteiger partial charge is 0.165 e. The number of ether oxygens (including phenoxy) is 2. The molecule has 1 heterocycles. The first-order chi connectivity index (χ1) is 8.25. The van der Waals surface area contributed by atoms with E-state index in [9.17, 15) is 4.39 Å². The van der Waals surface area contributed by atoms with Gasteiger partial charge in [-0.05, 0) is 19.1 Å². The molecule has 0 N–H and O–H groups in total. The fraction of sp³-hybridized carbons (Fsp3) is 0.538. The molecule has 0 amide bonds. The third-order valence-electron chi connectivity index (χ3n) is 2.83. The molecule has 17 heavy (non-hydrogen) atoms. The van der Waals surface area contributed by atoms with Gasteiger partial charge >= 0.3 is 0 Å². The lowest BCUT2D eigenvalue weighted by Gasteiger charge is -2.30. The molecule has 3 nitrogen and oxygen atoms in total. The summed E-state index contributed by atoms with van der Waals surface area (Å²) < 4.78 is 24.1. The Morgan fingerprint density at radius 3 is 3.06 bits per heavy atom. The van der Waals surface area contributed by atoms with Crippen LogP contribution in [0.4, 0.5) is 4.39 Å². The first-order valence-corrected chi connectivity index (χ1v) is 5.97. The van der Waals surface area contributed by atoms with Crippen LogP contribution < -0.4 is 4.74 Å². The number of halogens is 1. The van der Waals surface area contributed by atoms with Gasteiger partial charge in [-0.15, -0.1) is 0 Å². The molecule has 2 rings (SSSR count). The van der Waals surface area contributed by atoms with Crippen LogP contribution in [0.15, 0.2) is 24.3 Å². The van der Waals surface area contributed by atoms with E-state index in [1.165, 1.54) is 6.07 Å². The van der Waals surface area contributed by atoms with Crippen LogP contribution in [0, 0.1) is 5.82 Å². The average molecular weight is 239 g/mol. The molecule has 1 aliphatic heterocycles. The van der Waals surface area contributed by atoms with Crippen molar-refractivity contribution in [3.8, 4) is 5.75 Å². The van der Waals surface area contributed by atoms with Gasteiger partial charge < -0.3 is 9.47 Å². The van der Waals surface area contributed by atoms with Crippen molar-refractivity contribution < 1.29 is 13.9 Å². The first-order valence-electron chi connectivity index (χ1n) is 5.97. The first kappa shape index (κ1) is 12.3. The summed E-state index contributed by atoms with van der Waals surface area (Å²) in [6.45, 7) is 5.98. The largest absolute Gasteiger partial charge is 0.489 e. The van der Waals surface area contributed by atoms with Gasteiger partial charge in [0.15, 0.2) is 11.6 Å². The zero-order valence-electron chi connectivity index (χ0n) is 10.1. The fourth-order valence-corrected chi connectivity index (χ4v) is 1.94. The summed E-state index contributed by atoms with van der Waals surface area (Å²) in [6.07, 6.45) is 0.275. The Hall–Kier alpha value is -1.13. The number of nitrogens with zero attached hydrogens (tertiary/aromatic N) is 1. The Bertz CT molecular complexity index is 359. The van der Waals surface area contributed by atoms with E-state index in [0.29, 0.717) is 12.4 Å². The molecule has 0 aliphatic carbocycles. The highest BCUT2D eigenvalue weighted by molar-refractivity contribution is 5.23. The van der Waals surface area contributed by atoms with Crippen molar-refractivity contribution in [3.05, 3.63) is 30.1 Å². The van der Waals surface area contributed by atoms with E-state index in [0.717, 1.165) is 26.2 Å². The Morgan fingerprint density at radius 2 is 2.29 bits per heavy atom. The highest BCUT2D eigenvalue weighted by Crippen LogP contribution is 2.15. The average Bonchev–Trinajstić information content (AvgIpc) is 2.32. The molecule has 0 aromatic heterocycles. The molecule has 1 aromatic rings. The van der Waals surface area contributed by atoms with Crippen LogP contribution in [-0.2, 0) is 4.74 Å². The van der Waals surface area contributed by atoms with Crippen LogP contribution in [0.5, 0.6) is 5.75 Å². The molecular weight excluding hydrogens is 221 g/mol. The van der Waals surface area contributed by atoms with Gasteiger partial charge in [0.1, 0.15) is 6.61 Å². The molecule has 0 spiro atoms. The van der Waals surface area contributed by atoms with E-state index in [1.54, 1.807) is 18.2 Å². The second-order valence-electron chi connectivity index (χ2n) is 4.26. The van der Waals surface area contributed by atoms with Gasteiger partial charge in [0.05, 0.1) is 12.7 Å². The standard InChI is InChI=1S/C13H18FNO2/c1-11-10-15(6-8-16-11)7-9-17-13-5-3-2-4-12(13)14/h2-5,11H,6-10H2,1H3. The predicted molar refractivity (Wildman–Crippen MR) is 63.7 cm³/mol. The highest BCUT2D eigenvalue weighted by atomic mass is 19.1. The summed E-state index contributed by atoms with van der Waals surface area (Å²) in [7, 11) is 0. The van der Waals surface area contributed by atoms with Crippen LogP contribution in [-0.4, -0.2) is 43.9 Å². The minimum absolute atomic E-state index is 0.275. The molecule has 1 saturated heterocycles. The fourth-order valence-electron chi connectivity index (χ4n) is 1.94. The molecule has 4 heteroatoms. The normalized spacial score (nSPS) is 21.4. The van der Waals surface area contributed by atoms with Crippen molar-refractivity contribution in [2.45, 2.75) is 13.0 Å². The van der Waals surface area contributed by atoms with E-state index in [4.69, 9.17) is 9.47 Å². The molecule has 1 aromatic carbocycles. The lowest BCUT2D eigenvalue weighted by Crippen LogP contribution is -2.42. The van der Waals surface area contributed by atoms with Gasteiger partial charge in [-0.25, -0.2) is 4.39 Å². The molecule has 0 bridgehead atoms. The SMILES string of the molecule is CC1CN(CCOc2ccccc2F)CCO1. The maximum absolute atomic E-state index is 13.3. The van der Waals surface area contributed by atoms with Crippen molar-refractivity contribution in [1.82, 2.24) is 4.90 Å². The number of para-hydroxylation sites is 1. The molecular formula is C13H18FNO2.